The first kappa shape index (κ1) is 28.5. The van der Waals surface area contributed by atoms with Crippen molar-refractivity contribution in [2.24, 2.45) is 0 Å². The first-order valence-electron chi connectivity index (χ1n) is 13.0. The maximum Gasteiger partial charge on any atom is 0.258 e. The fourth-order valence-electron chi connectivity index (χ4n) is 4.53. The van der Waals surface area contributed by atoms with E-state index >= 15 is 0 Å². The summed E-state index contributed by atoms with van der Waals surface area (Å²) in [7, 11) is 5.28. The van der Waals surface area contributed by atoms with Crippen LogP contribution in [0.1, 0.15) is 54.4 Å². The van der Waals surface area contributed by atoms with Crippen LogP contribution in [0.15, 0.2) is 48.5 Å². The standard InChI is InChI=1S/C29H38ClN3O4/c1-31(27(34)21-22-12-11-13-23(30)20-22)17-9-7-15-25-29(36)32(2)18-8-4-10-19-37-26-16-6-5-14-24(26)28(35)33(25)3/h5-6,11-14,16,20,25H,4,7-10,15,17-19,21H2,1-3H3/t25-/m0/s1. The summed E-state index contributed by atoms with van der Waals surface area (Å²) < 4.78 is 5.91. The molecule has 0 spiro atoms. The molecule has 0 aromatic heterocycles. The number of fused-ring (bicyclic) bond motifs is 1. The van der Waals surface area contributed by atoms with Gasteiger partial charge in [-0.2, -0.15) is 0 Å². The van der Waals surface area contributed by atoms with Crippen LogP contribution in [0.25, 0.3) is 0 Å². The lowest BCUT2D eigenvalue weighted by atomic mass is 10.0. The Morgan fingerprint density at radius 1 is 1.05 bits per heavy atom. The maximum atomic E-state index is 13.4. The zero-order chi connectivity index (χ0) is 26.8. The Labute approximate surface area is 225 Å². The Morgan fingerprint density at radius 3 is 2.62 bits per heavy atom. The fraction of sp³-hybridized carbons (Fsp3) is 0.483. The summed E-state index contributed by atoms with van der Waals surface area (Å²) in [6.07, 6.45) is 4.95. The molecule has 0 fully saturated rings. The van der Waals surface area contributed by atoms with Gasteiger partial charge in [0.05, 0.1) is 18.6 Å². The molecule has 1 aliphatic rings. The lowest BCUT2D eigenvalue weighted by molar-refractivity contribution is -0.135. The van der Waals surface area contributed by atoms with Crippen LogP contribution in [0.4, 0.5) is 0 Å². The Kier molecular flexibility index (Phi) is 10.8. The fourth-order valence-corrected chi connectivity index (χ4v) is 4.74. The van der Waals surface area contributed by atoms with Crippen molar-refractivity contribution in [1.29, 1.82) is 0 Å². The van der Waals surface area contributed by atoms with Gasteiger partial charge in [0.2, 0.25) is 11.8 Å². The lowest BCUT2D eigenvalue weighted by Crippen LogP contribution is -2.48. The van der Waals surface area contributed by atoms with Crippen LogP contribution in [-0.4, -0.2) is 79.3 Å². The minimum Gasteiger partial charge on any atom is -0.493 e. The zero-order valence-electron chi connectivity index (χ0n) is 22.1. The van der Waals surface area contributed by atoms with Crippen LogP contribution in [0, 0.1) is 0 Å². The number of para-hydroxylation sites is 1. The van der Waals surface area contributed by atoms with E-state index in [9.17, 15) is 14.4 Å². The van der Waals surface area contributed by atoms with Crippen molar-refractivity contribution < 1.29 is 19.1 Å². The number of benzene rings is 2. The van der Waals surface area contributed by atoms with Gasteiger partial charge >= 0.3 is 0 Å². The second-order valence-electron chi connectivity index (χ2n) is 9.71. The number of hydrogen-bond donors (Lipinski definition) is 0. The van der Waals surface area contributed by atoms with Gasteiger partial charge in [-0.1, -0.05) is 35.9 Å². The first-order valence-corrected chi connectivity index (χ1v) is 13.4. The molecule has 7 nitrogen and oxygen atoms in total. The molecule has 2 aromatic rings. The number of ether oxygens (including phenoxy) is 1. The number of rotatable bonds is 7. The molecule has 0 radical (unpaired) electrons. The molecule has 3 amide bonds. The van der Waals surface area contributed by atoms with Gasteiger partial charge in [-0.05, 0) is 68.4 Å². The van der Waals surface area contributed by atoms with Crippen LogP contribution in [0.2, 0.25) is 5.02 Å². The molecule has 0 saturated carbocycles. The van der Waals surface area contributed by atoms with E-state index in [1.165, 1.54) is 0 Å². The highest BCUT2D eigenvalue weighted by molar-refractivity contribution is 6.30. The Morgan fingerprint density at radius 2 is 1.84 bits per heavy atom. The Balaban J connectivity index is 1.63. The summed E-state index contributed by atoms with van der Waals surface area (Å²) in [5.41, 5.74) is 1.35. The monoisotopic (exact) mass is 527 g/mol. The first-order chi connectivity index (χ1) is 17.8. The summed E-state index contributed by atoms with van der Waals surface area (Å²) in [4.78, 5) is 44.5. The van der Waals surface area contributed by atoms with Crippen molar-refractivity contribution in [2.75, 3.05) is 40.8 Å². The molecule has 1 atom stereocenters. The Hall–Kier alpha value is -3.06. The third kappa shape index (κ3) is 8.22. The molecule has 3 rings (SSSR count). The van der Waals surface area contributed by atoms with Gasteiger partial charge in [-0.15, -0.1) is 0 Å². The van der Waals surface area contributed by atoms with Gasteiger partial charge in [0.25, 0.3) is 5.91 Å². The number of hydrogen-bond acceptors (Lipinski definition) is 4. The van der Waals surface area contributed by atoms with E-state index in [2.05, 4.69) is 0 Å². The predicted molar refractivity (Wildman–Crippen MR) is 146 cm³/mol. The second kappa shape index (κ2) is 14.0. The van der Waals surface area contributed by atoms with Gasteiger partial charge in [-0.25, -0.2) is 0 Å². The Bertz CT molecular complexity index is 1080. The molecular weight excluding hydrogens is 490 g/mol. The van der Waals surface area contributed by atoms with E-state index in [1.54, 1.807) is 60.1 Å². The second-order valence-corrected chi connectivity index (χ2v) is 10.2. The quantitative estimate of drug-likeness (QED) is 0.490. The van der Waals surface area contributed by atoms with E-state index in [0.717, 1.165) is 31.2 Å². The van der Waals surface area contributed by atoms with Gasteiger partial charge in [0.15, 0.2) is 0 Å². The van der Waals surface area contributed by atoms with Crippen LogP contribution in [0.3, 0.4) is 0 Å². The molecule has 0 aliphatic carbocycles. The molecule has 2 aromatic carbocycles. The topological polar surface area (TPSA) is 70.2 Å². The SMILES string of the molecule is CN(CCCC[C@H]1C(=O)N(C)CCCCCOc2ccccc2C(=O)N1C)C(=O)Cc1cccc(Cl)c1. The largest absolute Gasteiger partial charge is 0.493 e. The highest BCUT2D eigenvalue weighted by atomic mass is 35.5. The van der Waals surface area contributed by atoms with Crippen LogP contribution in [0.5, 0.6) is 5.75 Å². The lowest BCUT2D eigenvalue weighted by Gasteiger charge is -2.31. The number of amides is 3. The summed E-state index contributed by atoms with van der Waals surface area (Å²) >= 11 is 6.03. The van der Waals surface area contributed by atoms with Crippen LogP contribution < -0.4 is 4.74 Å². The third-order valence-electron chi connectivity index (χ3n) is 6.85. The molecular formula is C29H38ClN3O4. The number of carbonyl (C=O) groups is 3. The molecule has 200 valence electrons. The van der Waals surface area contributed by atoms with Crippen molar-refractivity contribution in [1.82, 2.24) is 14.7 Å². The average Bonchev–Trinajstić information content (AvgIpc) is 2.89. The molecule has 1 heterocycles. The van der Waals surface area contributed by atoms with E-state index < -0.39 is 6.04 Å². The predicted octanol–water partition coefficient (Wildman–Crippen LogP) is 4.67. The van der Waals surface area contributed by atoms with Gasteiger partial charge in [-0.3, -0.25) is 14.4 Å². The minimum atomic E-state index is -0.584. The molecule has 0 bridgehead atoms. The van der Waals surface area contributed by atoms with Crippen molar-refractivity contribution in [3.63, 3.8) is 0 Å². The highest BCUT2D eigenvalue weighted by Gasteiger charge is 2.31. The molecule has 8 heteroatoms. The van der Waals surface area contributed by atoms with E-state index in [0.29, 0.717) is 55.3 Å². The number of unbranched alkanes of at least 4 members (excludes halogenated alkanes) is 1. The molecule has 0 N–H and O–H groups in total. The summed E-state index contributed by atoms with van der Waals surface area (Å²) in [5.74, 6) is 0.288. The maximum absolute atomic E-state index is 13.4. The number of likely N-dealkylation sites (N-methyl/N-ethyl adjacent to an activating group) is 3. The van der Waals surface area contributed by atoms with Crippen molar-refractivity contribution in [2.45, 2.75) is 51.0 Å². The molecule has 0 saturated heterocycles. The van der Waals surface area contributed by atoms with Crippen molar-refractivity contribution in [3.05, 3.63) is 64.7 Å². The van der Waals surface area contributed by atoms with Crippen molar-refractivity contribution >= 4 is 29.3 Å². The van der Waals surface area contributed by atoms with Crippen molar-refractivity contribution in [3.8, 4) is 5.75 Å². The van der Waals surface area contributed by atoms with Gasteiger partial charge in [0, 0.05) is 39.3 Å². The van der Waals surface area contributed by atoms with Gasteiger partial charge < -0.3 is 19.4 Å². The van der Waals surface area contributed by atoms with Gasteiger partial charge in [0.1, 0.15) is 11.8 Å². The smallest absolute Gasteiger partial charge is 0.258 e. The molecule has 1 aliphatic heterocycles. The zero-order valence-corrected chi connectivity index (χ0v) is 22.9. The van der Waals surface area contributed by atoms with Crippen LogP contribution >= 0.6 is 11.6 Å². The van der Waals surface area contributed by atoms with E-state index in [-0.39, 0.29) is 17.7 Å². The number of nitrogens with zero attached hydrogens (tertiary/aromatic N) is 3. The highest BCUT2D eigenvalue weighted by Crippen LogP contribution is 2.23. The minimum absolute atomic E-state index is 0.0176. The number of halogens is 1. The van der Waals surface area contributed by atoms with E-state index in [1.807, 2.05) is 24.3 Å². The average molecular weight is 528 g/mol. The summed E-state index contributed by atoms with van der Waals surface area (Å²) in [5, 5.41) is 0.614. The molecule has 37 heavy (non-hydrogen) atoms. The van der Waals surface area contributed by atoms with E-state index in [4.69, 9.17) is 16.3 Å². The number of carbonyl (C=O) groups excluding carboxylic acids is 3. The normalized spacial score (nSPS) is 17.2. The molecule has 0 unspecified atom stereocenters. The summed E-state index contributed by atoms with van der Waals surface area (Å²) in [6, 6.07) is 14.0. The summed E-state index contributed by atoms with van der Waals surface area (Å²) in [6.45, 7) is 1.76. The van der Waals surface area contributed by atoms with Crippen LogP contribution in [-0.2, 0) is 16.0 Å². The third-order valence-corrected chi connectivity index (χ3v) is 7.09.